The van der Waals surface area contributed by atoms with Gasteiger partial charge in [0.2, 0.25) is 0 Å². The van der Waals surface area contributed by atoms with Crippen LogP contribution < -0.4 is 4.90 Å². The first-order valence-electron chi connectivity index (χ1n) is 14.6. The standard InChI is InChI=1S/C36H36BN2O2/c1-35(2,40)36(3,4)41-37-24-21-25(38-31-17-9-5-13-27(31)28-14-6-10-18-32(28)38)23-26(22-24)39-33-19-11-7-15-29(33)30-16-8-12-20-34(30)39/h5-21,23,26,29,33,40H,22H2,1-4H3. The highest BCUT2D eigenvalue weighted by atomic mass is 16.5. The summed E-state index contributed by atoms with van der Waals surface area (Å²) in [5, 5.41) is 13.3. The van der Waals surface area contributed by atoms with Crippen molar-refractivity contribution in [3.05, 3.63) is 120 Å². The van der Waals surface area contributed by atoms with Crippen molar-refractivity contribution in [3.8, 4) is 0 Å². The van der Waals surface area contributed by atoms with E-state index in [1.807, 2.05) is 21.3 Å². The Kier molecular flexibility index (Phi) is 6.15. The van der Waals surface area contributed by atoms with Gasteiger partial charge >= 0.3 is 7.48 Å². The van der Waals surface area contributed by atoms with Crippen LogP contribution in [0.25, 0.3) is 27.5 Å². The van der Waals surface area contributed by atoms with Crippen molar-refractivity contribution in [2.24, 2.45) is 0 Å². The molecule has 0 saturated heterocycles. The summed E-state index contributed by atoms with van der Waals surface area (Å²) < 4.78 is 8.73. The summed E-state index contributed by atoms with van der Waals surface area (Å²) in [7, 11) is 1.88. The number of fused-ring (bicyclic) bond motifs is 6. The van der Waals surface area contributed by atoms with E-state index in [-0.39, 0.29) is 12.1 Å². The molecular formula is C36H36BN2O2. The molecule has 4 nitrogen and oxygen atoms in total. The van der Waals surface area contributed by atoms with Crippen molar-refractivity contribution in [2.45, 2.75) is 63.3 Å². The van der Waals surface area contributed by atoms with E-state index in [1.54, 1.807) is 13.8 Å². The summed E-state index contributed by atoms with van der Waals surface area (Å²) in [6.07, 6.45) is 14.5. The number of anilines is 1. The molecule has 3 unspecified atom stereocenters. The Morgan fingerprint density at radius 3 is 2.17 bits per heavy atom. The third-order valence-corrected chi connectivity index (χ3v) is 9.32. The van der Waals surface area contributed by atoms with Crippen molar-refractivity contribution in [1.29, 1.82) is 0 Å². The van der Waals surface area contributed by atoms with E-state index in [9.17, 15) is 5.11 Å². The average molecular weight is 540 g/mol. The number of hydrogen-bond donors (Lipinski definition) is 1. The monoisotopic (exact) mass is 539 g/mol. The van der Waals surface area contributed by atoms with Crippen molar-refractivity contribution in [1.82, 2.24) is 4.57 Å². The van der Waals surface area contributed by atoms with Gasteiger partial charge in [-0.05, 0) is 70.0 Å². The molecule has 1 N–H and O–H groups in total. The van der Waals surface area contributed by atoms with Gasteiger partial charge in [0.05, 0.1) is 34.3 Å². The van der Waals surface area contributed by atoms with Crippen LogP contribution in [-0.2, 0) is 4.65 Å². The Hall–Kier alpha value is -3.80. The van der Waals surface area contributed by atoms with Crippen LogP contribution in [0.5, 0.6) is 0 Å². The Morgan fingerprint density at radius 1 is 0.829 bits per heavy atom. The molecule has 1 radical (unpaired) electrons. The molecule has 41 heavy (non-hydrogen) atoms. The van der Waals surface area contributed by atoms with Crippen molar-refractivity contribution in [2.75, 3.05) is 4.90 Å². The van der Waals surface area contributed by atoms with Crippen LogP contribution in [0.1, 0.15) is 45.6 Å². The number of rotatable bonds is 6. The van der Waals surface area contributed by atoms with Crippen LogP contribution in [0.4, 0.5) is 5.69 Å². The average Bonchev–Trinajstić information content (AvgIpc) is 3.49. The summed E-state index contributed by atoms with van der Waals surface area (Å²) >= 11 is 0. The highest BCUT2D eigenvalue weighted by molar-refractivity contribution is 6.38. The van der Waals surface area contributed by atoms with E-state index in [0.29, 0.717) is 5.92 Å². The van der Waals surface area contributed by atoms with Crippen LogP contribution >= 0.6 is 0 Å². The fraction of sp³-hybridized carbons (Fsp3) is 0.278. The smallest absolute Gasteiger partial charge is 0.326 e. The zero-order valence-electron chi connectivity index (χ0n) is 24.2. The lowest BCUT2D eigenvalue weighted by Gasteiger charge is -2.39. The van der Waals surface area contributed by atoms with E-state index in [0.717, 1.165) is 17.6 Å². The molecule has 0 amide bonds. The number of para-hydroxylation sites is 3. The first-order chi connectivity index (χ1) is 19.7. The van der Waals surface area contributed by atoms with E-state index in [2.05, 4.69) is 119 Å². The van der Waals surface area contributed by atoms with E-state index < -0.39 is 11.2 Å². The highest BCUT2D eigenvalue weighted by Crippen LogP contribution is 2.47. The lowest BCUT2D eigenvalue weighted by atomic mass is 9.76. The second-order valence-corrected chi connectivity index (χ2v) is 12.5. The summed E-state index contributed by atoms with van der Waals surface area (Å²) in [5.41, 5.74) is 5.53. The molecule has 5 heteroatoms. The number of benzene rings is 3. The van der Waals surface area contributed by atoms with Gasteiger partial charge < -0.3 is 19.2 Å². The van der Waals surface area contributed by atoms with Crippen LogP contribution in [0.3, 0.4) is 0 Å². The van der Waals surface area contributed by atoms with Crippen molar-refractivity contribution < 1.29 is 9.76 Å². The second kappa shape index (κ2) is 9.65. The second-order valence-electron chi connectivity index (χ2n) is 12.5. The Morgan fingerprint density at radius 2 is 1.46 bits per heavy atom. The van der Waals surface area contributed by atoms with Gasteiger partial charge in [0.1, 0.15) is 0 Å². The molecule has 0 bridgehead atoms. The molecule has 0 spiro atoms. The molecule has 4 aromatic rings. The zero-order valence-corrected chi connectivity index (χ0v) is 24.2. The normalized spacial score (nSPS) is 22.1. The number of allylic oxidation sites excluding steroid dienone is 4. The molecule has 2 heterocycles. The lowest BCUT2D eigenvalue weighted by molar-refractivity contribution is -0.0897. The van der Waals surface area contributed by atoms with E-state index >= 15 is 0 Å². The largest absolute Gasteiger partial charge is 0.427 e. The summed E-state index contributed by atoms with van der Waals surface area (Å²) in [6, 6.07) is 26.5. The number of aromatic nitrogens is 1. The molecule has 3 aromatic carbocycles. The molecule has 205 valence electrons. The molecule has 0 fully saturated rings. The van der Waals surface area contributed by atoms with Gasteiger partial charge in [-0.1, -0.05) is 84.4 Å². The molecule has 1 aromatic heterocycles. The maximum absolute atomic E-state index is 10.8. The third-order valence-electron chi connectivity index (χ3n) is 9.32. The molecule has 7 rings (SSSR count). The van der Waals surface area contributed by atoms with Crippen molar-refractivity contribution >= 4 is 40.7 Å². The van der Waals surface area contributed by atoms with Crippen molar-refractivity contribution in [3.63, 3.8) is 0 Å². The third kappa shape index (κ3) is 4.30. The van der Waals surface area contributed by atoms with E-state index in [1.165, 1.54) is 33.1 Å². The molecule has 3 atom stereocenters. The van der Waals surface area contributed by atoms with Gasteiger partial charge in [-0.25, -0.2) is 0 Å². The highest BCUT2D eigenvalue weighted by Gasteiger charge is 2.41. The Labute approximate surface area is 243 Å². The summed E-state index contributed by atoms with van der Waals surface area (Å²) in [4.78, 5) is 2.59. The first-order valence-corrected chi connectivity index (χ1v) is 14.6. The van der Waals surface area contributed by atoms with E-state index in [4.69, 9.17) is 4.65 Å². The van der Waals surface area contributed by atoms with Gasteiger partial charge in [-0.3, -0.25) is 0 Å². The fourth-order valence-corrected chi connectivity index (χ4v) is 6.48. The summed E-state index contributed by atoms with van der Waals surface area (Å²) in [5.74, 6) is 0.338. The Bertz CT molecular complexity index is 1710. The number of nitrogens with zero attached hydrogens (tertiary/aromatic N) is 2. The first kappa shape index (κ1) is 26.1. The van der Waals surface area contributed by atoms with Gasteiger partial charge in [-0.2, -0.15) is 0 Å². The topological polar surface area (TPSA) is 37.6 Å². The van der Waals surface area contributed by atoms with Crippen LogP contribution in [0, 0.1) is 0 Å². The molecule has 0 saturated carbocycles. The minimum Gasteiger partial charge on any atom is -0.427 e. The maximum atomic E-state index is 10.8. The molecule has 1 aliphatic heterocycles. The predicted molar refractivity (Wildman–Crippen MR) is 171 cm³/mol. The minimum atomic E-state index is -0.996. The van der Waals surface area contributed by atoms with Crippen LogP contribution in [0.2, 0.25) is 0 Å². The minimum absolute atomic E-state index is 0.113. The summed E-state index contributed by atoms with van der Waals surface area (Å²) in [6.45, 7) is 7.47. The number of aliphatic hydroxyl groups is 1. The number of hydrogen-bond acceptors (Lipinski definition) is 3. The SMILES string of the molecule is CC(C)(O)C(C)(C)O[B]C1=CC(n2c3ccccc3c3ccccc32)=CC(N2c3ccccc3C3C=CC=CC32)C1. The molecule has 2 aliphatic carbocycles. The lowest BCUT2D eigenvalue weighted by Crippen LogP contribution is -2.48. The fourth-order valence-electron chi connectivity index (χ4n) is 6.48. The molecule has 3 aliphatic rings. The van der Waals surface area contributed by atoms with Crippen LogP contribution in [-0.4, -0.2) is 40.4 Å². The zero-order chi connectivity index (χ0) is 28.4. The van der Waals surface area contributed by atoms with Gasteiger partial charge in [0.15, 0.2) is 0 Å². The quantitative estimate of drug-likeness (QED) is 0.257. The maximum Gasteiger partial charge on any atom is 0.326 e. The molecular weight excluding hydrogens is 503 g/mol. The van der Waals surface area contributed by atoms with Gasteiger partial charge in [0, 0.05) is 28.1 Å². The van der Waals surface area contributed by atoms with Gasteiger partial charge in [0.25, 0.3) is 0 Å². The van der Waals surface area contributed by atoms with Crippen LogP contribution in [0.15, 0.2) is 115 Å². The van der Waals surface area contributed by atoms with Gasteiger partial charge in [-0.15, -0.1) is 0 Å². The Balaban J connectivity index is 1.37. The predicted octanol–water partition coefficient (Wildman–Crippen LogP) is 7.58.